The number of aromatic nitrogens is 1. The smallest absolute Gasteiger partial charge is 0.283 e. The number of rotatable bonds is 1. The Morgan fingerprint density at radius 1 is 1.50 bits per heavy atom. The topological polar surface area (TPSA) is 45.2 Å². The predicted molar refractivity (Wildman–Crippen MR) is 62.7 cm³/mol. The molecule has 1 N–H and O–H groups in total. The van der Waals surface area contributed by atoms with Crippen LogP contribution in [0.2, 0.25) is 0 Å². The molecular formula is C11H15N3OS. The Hall–Kier alpha value is -0.940. The third-order valence-electron chi connectivity index (χ3n) is 3.42. The molecule has 0 radical (unpaired) electrons. The predicted octanol–water partition coefficient (Wildman–Crippen LogP) is 1.03. The van der Waals surface area contributed by atoms with E-state index < -0.39 is 0 Å². The van der Waals surface area contributed by atoms with Crippen molar-refractivity contribution >= 4 is 17.2 Å². The van der Waals surface area contributed by atoms with E-state index in [1.54, 1.807) is 0 Å². The van der Waals surface area contributed by atoms with E-state index in [1.165, 1.54) is 11.3 Å². The molecule has 1 aromatic rings. The van der Waals surface area contributed by atoms with Crippen molar-refractivity contribution in [3.8, 4) is 0 Å². The highest BCUT2D eigenvalue weighted by Crippen LogP contribution is 2.28. The molecule has 3 heterocycles. The maximum absolute atomic E-state index is 12.3. The molecule has 2 aliphatic heterocycles. The van der Waals surface area contributed by atoms with E-state index in [9.17, 15) is 4.79 Å². The zero-order valence-corrected chi connectivity index (χ0v) is 10.1. The van der Waals surface area contributed by atoms with Gasteiger partial charge in [-0.15, -0.1) is 11.3 Å². The number of hydrogen-bond acceptors (Lipinski definition) is 4. The third-order valence-corrected chi connectivity index (χ3v) is 4.36. The summed E-state index contributed by atoms with van der Waals surface area (Å²) in [6, 6.07) is 0.769. The monoisotopic (exact) mass is 237 g/mol. The zero-order valence-electron chi connectivity index (χ0n) is 9.27. The molecule has 1 amide bonds. The number of fused-ring (bicyclic) bond motifs is 2. The van der Waals surface area contributed by atoms with Gasteiger partial charge in [0.05, 0.1) is 0 Å². The Balaban J connectivity index is 1.85. The Bertz CT molecular complexity index is 401. The van der Waals surface area contributed by atoms with Gasteiger partial charge in [0.2, 0.25) is 0 Å². The van der Waals surface area contributed by atoms with E-state index in [-0.39, 0.29) is 5.91 Å². The van der Waals surface area contributed by atoms with Crippen LogP contribution in [-0.4, -0.2) is 41.0 Å². The first-order valence-electron chi connectivity index (χ1n) is 5.71. The minimum absolute atomic E-state index is 0.132. The first kappa shape index (κ1) is 10.2. The number of hydrogen-bond donors (Lipinski definition) is 1. The van der Waals surface area contributed by atoms with Crippen LogP contribution in [0.25, 0.3) is 0 Å². The SMILES string of the molecule is Cc1csc(C(=O)N2C3CCC2CNC3)n1. The Kier molecular flexibility index (Phi) is 2.44. The van der Waals surface area contributed by atoms with Crippen molar-refractivity contribution in [1.82, 2.24) is 15.2 Å². The number of nitrogens with zero attached hydrogens (tertiary/aromatic N) is 2. The number of carbonyl (C=O) groups is 1. The molecule has 0 aromatic carbocycles. The van der Waals surface area contributed by atoms with Gasteiger partial charge in [-0.25, -0.2) is 4.98 Å². The molecule has 2 unspecified atom stereocenters. The summed E-state index contributed by atoms with van der Waals surface area (Å²) >= 11 is 1.46. The molecule has 2 atom stereocenters. The average Bonchev–Trinajstić information content (AvgIpc) is 2.80. The molecule has 5 heteroatoms. The molecule has 1 aromatic heterocycles. The second-order valence-electron chi connectivity index (χ2n) is 4.55. The van der Waals surface area contributed by atoms with Gasteiger partial charge in [-0.3, -0.25) is 4.79 Å². The fourth-order valence-corrected chi connectivity index (χ4v) is 3.41. The second-order valence-corrected chi connectivity index (χ2v) is 5.41. The lowest BCUT2D eigenvalue weighted by Crippen LogP contribution is -2.54. The molecule has 4 nitrogen and oxygen atoms in total. The number of nitrogens with one attached hydrogen (secondary N) is 1. The number of carbonyl (C=O) groups excluding carboxylic acids is 1. The van der Waals surface area contributed by atoms with E-state index in [2.05, 4.69) is 15.2 Å². The molecule has 16 heavy (non-hydrogen) atoms. The van der Waals surface area contributed by atoms with Gasteiger partial charge < -0.3 is 10.2 Å². The minimum atomic E-state index is 0.132. The Morgan fingerprint density at radius 2 is 2.19 bits per heavy atom. The van der Waals surface area contributed by atoms with E-state index in [1.807, 2.05) is 12.3 Å². The van der Waals surface area contributed by atoms with Crippen LogP contribution in [0.4, 0.5) is 0 Å². The largest absolute Gasteiger partial charge is 0.328 e. The lowest BCUT2D eigenvalue weighted by atomic mass is 10.2. The molecule has 2 fully saturated rings. The molecule has 3 rings (SSSR count). The molecule has 2 aliphatic rings. The van der Waals surface area contributed by atoms with E-state index in [0.29, 0.717) is 17.1 Å². The van der Waals surface area contributed by atoms with E-state index in [0.717, 1.165) is 31.6 Å². The summed E-state index contributed by atoms with van der Waals surface area (Å²) in [4.78, 5) is 18.7. The van der Waals surface area contributed by atoms with Crippen LogP contribution in [0.5, 0.6) is 0 Å². The highest BCUT2D eigenvalue weighted by Gasteiger charge is 2.40. The van der Waals surface area contributed by atoms with Gasteiger partial charge in [-0.1, -0.05) is 0 Å². The summed E-state index contributed by atoms with van der Waals surface area (Å²) in [6.07, 6.45) is 2.27. The quantitative estimate of drug-likeness (QED) is 0.793. The Morgan fingerprint density at radius 3 is 2.75 bits per heavy atom. The van der Waals surface area contributed by atoms with Crippen molar-refractivity contribution in [3.05, 3.63) is 16.1 Å². The van der Waals surface area contributed by atoms with Gasteiger partial charge in [0.1, 0.15) is 0 Å². The van der Waals surface area contributed by atoms with E-state index in [4.69, 9.17) is 0 Å². The van der Waals surface area contributed by atoms with Gasteiger partial charge in [-0.2, -0.15) is 0 Å². The van der Waals surface area contributed by atoms with Gasteiger partial charge >= 0.3 is 0 Å². The molecule has 2 saturated heterocycles. The van der Waals surface area contributed by atoms with Crippen LogP contribution in [0.15, 0.2) is 5.38 Å². The number of aryl methyl sites for hydroxylation is 1. The highest BCUT2D eigenvalue weighted by molar-refractivity contribution is 7.11. The molecule has 0 aliphatic carbocycles. The summed E-state index contributed by atoms with van der Waals surface area (Å²) in [5.41, 5.74) is 0.941. The summed E-state index contributed by atoms with van der Waals surface area (Å²) in [5, 5.41) is 5.97. The summed E-state index contributed by atoms with van der Waals surface area (Å²) < 4.78 is 0. The summed E-state index contributed by atoms with van der Waals surface area (Å²) in [7, 11) is 0. The van der Waals surface area contributed by atoms with Crippen LogP contribution in [-0.2, 0) is 0 Å². The molecule has 2 bridgehead atoms. The van der Waals surface area contributed by atoms with Crippen molar-refractivity contribution < 1.29 is 4.79 Å². The third kappa shape index (κ3) is 1.55. The van der Waals surface area contributed by atoms with Gasteiger partial charge in [0.15, 0.2) is 5.01 Å². The lowest BCUT2D eigenvalue weighted by Gasteiger charge is -2.34. The first-order valence-corrected chi connectivity index (χ1v) is 6.59. The van der Waals surface area contributed by atoms with E-state index >= 15 is 0 Å². The minimum Gasteiger partial charge on any atom is -0.328 e. The number of piperazine rings is 1. The van der Waals surface area contributed by atoms with Crippen molar-refractivity contribution in [1.29, 1.82) is 0 Å². The molecule has 0 spiro atoms. The Labute approximate surface area is 98.7 Å². The second kappa shape index (κ2) is 3.82. The van der Waals surface area contributed by atoms with Crippen LogP contribution in [0.1, 0.15) is 28.3 Å². The van der Waals surface area contributed by atoms with Gasteiger partial charge in [0.25, 0.3) is 5.91 Å². The zero-order chi connectivity index (χ0) is 11.1. The van der Waals surface area contributed by atoms with Crippen molar-refractivity contribution in [2.45, 2.75) is 31.8 Å². The highest BCUT2D eigenvalue weighted by atomic mass is 32.1. The van der Waals surface area contributed by atoms with Gasteiger partial charge in [-0.05, 0) is 19.8 Å². The van der Waals surface area contributed by atoms with Crippen molar-refractivity contribution in [3.63, 3.8) is 0 Å². The first-order chi connectivity index (χ1) is 7.75. The van der Waals surface area contributed by atoms with Crippen LogP contribution in [0.3, 0.4) is 0 Å². The maximum Gasteiger partial charge on any atom is 0.283 e. The maximum atomic E-state index is 12.3. The number of amides is 1. The normalized spacial score (nSPS) is 28.4. The summed E-state index contributed by atoms with van der Waals surface area (Å²) in [5.74, 6) is 0.132. The van der Waals surface area contributed by atoms with Crippen LogP contribution >= 0.6 is 11.3 Å². The fourth-order valence-electron chi connectivity index (χ4n) is 2.67. The van der Waals surface area contributed by atoms with Crippen LogP contribution in [0, 0.1) is 6.92 Å². The van der Waals surface area contributed by atoms with Crippen molar-refractivity contribution in [2.75, 3.05) is 13.1 Å². The summed E-state index contributed by atoms with van der Waals surface area (Å²) in [6.45, 7) is 3.80. The molecular weight excluding hydrogens is 222 g/mol. The lowest BCUT2D eigenvalue weighted by molar-refractivity contribution is 0.0619. The standard InChI is InChI=1S/C11H15N3OS/c1-7-6-16-10(13-7)11(15)14-8-2-3-9(14)5-12-4-8/h6,8-9,12H,2-5H2,1H3. The van der Waals surface area contributed by atoms with Gasteiger partial charge in [0, 0.05) is 36.2 Å². The molecule has 0 saturated carbocycles. The fraction of sp³-hybridized carbons (Fsp3) is 0.636. The van der Waals surface area contributed by atoms with Crippen LogP contribution < -0.4 is 5.32 Å². The van der Waals surface area contributed by atoms with Crippen molar-refractivity contribution in [2.24, 2.45) is 0 Å². The average molecular weight is 237 g/mol. The number of thiazole rings is 1. The molecule has 86 valence electrons.